The lowest BCUT2D eigenvalue weighted by molar-refractivity contribution is -0.123. The van der Waals surface area contributed by atoms with Crippen molar-refractivity contribution < 1.29 is 17.1 Å². The molecule has 4 nitrogen and oxygen atoms in total. The molecule has 1 aliphatic rings. The summed E-state index contributed by atoms with van der Waals surface area (Å²) in [6.45, 7) is -9.91. The van der Waals surface area contributed by atoms with Crippen LogP contribution >= 0.6 is 0 Å². The Morgan fingerprint density at radius 3 is 2.69 bits per heavy atom. The van der Waals surface area contributed by atoms with E-state index < -0.39 is 32.0 Å². The number of nitrogens with zero attached hydrogens (tertiary/aromatic N) is 2. The van der Waals surface area contributed by atoms with E-state index in [0.29, 0.717) is 25.9 Å². The number of nitrogens with one attached hydrogen (secondary N) is 1. The van der Waals surface area contributed by atoms with Gasteiger partial charge in [-0.2, -0.15) is 5.26 Å². The maximum atomic E-state index is 12.3. The first kappa shape index (κ1) is 5.05. The van der Waals surface area contributed by atoms with Crippen molar-refractivity contribution >= 4 is 5.91 Å². The second-order valence-corrected chi connectivity index (χ2v) is 3.98. The zero-order chi connectivity index (χ0) is 19.7. The van der Waals surface area contributed by atoms with E-state index >= 15 is 0 Å². The molecule has 1 saturated heterocycles. The summed E-state index contributed by atoms with van der Waals surface area (Å²) in [5.41, 5.74) is -3.35. The van der Waals surface area contributed by atoms with Crippen molar-refractivity contribution in [3.05, 3.63) is 0 Å². The molecule has 0 unspecified atom stereocenters. The predicted octanol–water partition coefficient (Wildman–Crippen LogP) is 1.14. The molecule has 1 rings (SSSR count). The third-order valence-electron chi connectivity index (χ3n) is 2.46. The van der Waals surface area contributed by atoms with Gasteiger partial charge in [0.25, 0.3) is 0 Å². The summed E-state index contributed by atoms with van der Waals surface area (Å²) < 4.78 is 67.2. The van der Waals surface area contributed by atoms with Crippen LogP contribution in [0.4, 0.5) is 0 Å². The molecule has 0 aliphatic carbocycles. The minimum absolute atomic E-state index is 0.120. The van der Waals surface area contributed by atoms with Gasteiger partial charge >= 0.3 is 0 Å². The molecule has 1 amide bonds. The Morgan fingerprint density at radius 2 is 2.19 bits per heavy atom. The van der Waals surface area contributed by atoms with Gasteiger partial charge in [0.15, 0.2) is 0 Å². The van der Waals surface area contributed by atoms with E-state index in [9.17, 15) is 4.79 Å². The molecule has 0 saturated carbocycles. The lowest BCUT2D eigenvalue weighted by Crippen LogP contribution is -2.47. The number of hydrogen-bond acceptors (Lipinski definition) is 3. The lowest BCUT2D eigenvalue weighted by atomic mass is 9.98. The summed E-state index contributed by atoms with van der Waals surface area (Å²) in [5.74, 6) is -1.11. The van der Waals surface area contributed by atoms with Gasteiger partial charge < -0.3 is 5.32 Å². The van der Waals surface area contributed by atoms with E-state index in [0.717, 1.165) is 0 Å². The van der Waals surface area contributed by atoms with E-state index in [1.807, 2.05) is 0 Å². The minimum Gasteiger partial charge on any atom is -0.350 e. The molecule has 0 spiro atoms. The maximum Gasteiger partial charge on any atom is 0.234 e. The summed E-state index contributed by atoms with van der Waals surface area (Å²) in [6.07, 6.45) is 1.07. The number of likely N-dealkylation sites (tertiary alicyclic amines) is 1. The molecule has 90 valence electrons. The molecular formula is C12H21N3O. The van der Waals surface area contributed by atoms with Gasteiger partial charge in [-0.05, 0) is 46.5 Å². The van der Waals surface area contributed by atoms with Crippen molar-refractivity contribution in [2.75, 3.05) is 19.6 Å². The smallest absolute Gasteiger partial charge is 0.234 e. The summed E-state index contributed by atoms with van der Waals surface area (Å²) in [7, 11) is 0. The molecule has 4 heteroatoms. The number of carbonyl (C=O) groups excluding carboxylic acids is 1. The number of amides is 1. The molecule has 0 aromatic heterocycles. The van der Waals surface area contributed by atoms with Crippen LogP contribution in [-0.2, 0) is 4.79 Å². The second kappa shape index (κ2) is 5.31. The van der Waals surface area contributed by atoms with Gasteiger partial charge in [-0.3, -0.25) is 9.69 Å². The van der Waals surface area contributed by atoms with Crippen LogP contribution in [0.1, 0.15) is 45.7 Å². The topological polar surface area (TPSA) is 56.1 Å². The van der Waals surface area contributed by atoms with Crippen LogP contribution in [0.3, 0.4) is 0 Å². The van der Waals surface area contributed by atoms with E-state index in [1.165, 1.54) is 0 Å². The third-order valence-corrected chi connectivity index (χ3v) is 2.46. The number of nitriles is 1. The van der Waals surface area contributed by atoms with Crippen LogP contribution < -0.4 is 5.32 Å². The van der Waals surface area contributed by atoms with Gasteiger partial charge in [0.2, 0.25) is 5.91 Å². The molecule has 0 radical (unpaired) electrons. The van der Waals surface area contributed by atoms with E-state index in [-0.39, 0.29) is 12.5 Å². The normalized spacial score (nSPS) is 29.8. The Kier molecular flexibility index (Phi) is 1.68. The Labute approximate surface area is 110 Å². The monoisotopic (exact) mass is 232 g/mol. The number of carbonyl (C=O) groups is 1. The predicted molar refractivity (Wildman–Crippen MR) is 62.7 cm³/mol. The molecule has 0 aromatic rings. The second-order valence-electron chi connectivity index (χ2n) is 3.98. The van der Waals surface area contributed by atoms with Gasteiger partial charge in [0.05, 0.1) is 12.6 Å². The zero-order valence-electron chi connectivity index (χ0n) is 17.9. The first-order valence-corrected chi connectivity index (χ1v) is 5.09. The average molecular weight is 232 g/mol. The quantitative estimate of drug-likeness (QED) is 0.776. The van der Waals surface area contributed by atoms with Crippen molar-refractivity contribution in [1.29, 1.82) is 5.26 Å². The first-order chi connectivity index (χ1) is 11.2. The molecular weight excluding hydrogens is 202 g/mol. The van der Waals surface area contributed by atoms with Crippen molar-refractivity contribution in [2.24, 2.45) is 5.92 Å². The fraction of sp³-hybridized carbons (Fsp3) is 0.833. The van der Waals surface area contributed by atoms with Crippen LogP contribution in [0.25, 0.3) is 0 Å². The van der Waals surface area contributed by atoms with Gasteiger partial charge in [0.1, 0.15) is 0 Å². The molecule has 0 bridgehead atoms. The van der Waals surface area contributed by atoms with Gasteiger partial charge in [-0.15, -0.1) is 0 Å². The number of piperidine rings is 1. The Bertz CT molecular complexity index is 488. The fourth-order valence-electron chi connectivity index (χ4n) is 1.67. The molecule has 1 aliphatic heterocycles. The number of rotatable bonds is 2. The van der Waals surface area contributed by atoms with E-state index in [1.54, 1.807) is 10.2 Å². The van der Waals surface area contributed by atoms with Crippen LogP contribution in [0.15, 0.2) is 0 Å². The van der Waals surface area contributed by atoms with Crippen LogP contribution in [0, 0.1) is 17.2 Å². The molecule has 16 heavy (non-hydrogen) atoms. The summed E-state index contributed by atoms with van der Waals surface area (Å²) in [4.78, 5) is 13.9. The molecule has 1 heterocycles. The minimum atomic E-state index is -3.47. The Morgan fingerprint density at radius 1 is 1.56 bits per heavy atom. The SMILES string of the molecule is [2H]C([2H])([2H])C(NC(=O)CN1CCC(C#N)CC1)(C([2H])([2H])[2H])C([2H])([2H])[2H]. The first-order valence-electron chi connectivity index (χ1n) is 9.59. The summed E-state index contributed by atoms with van der Waals surface area (Å²) in [5, 5.41) is 10.6. The highest BCUT2D eigenvalue weighted by Crippen LogP contribution is 2.15. The highest BCUT2D eigenvalue weighted by Gasteiger charge is 2.21. The molecule has 0 atom stereocenters. The summed E-state index contributed by atoms with van der Waals surface area (Å²) >= 11 is 0. The van der Waals surface area contributed by atoms with Crippen molar-refractivity contribution in [3.63, 3.8) is 0 Å². The standard InChI is InChI=1S/C12H21N3O/c1-12(2,3)14-11(16)9-15-6-4-10(8-13)5-7-15/h10H,4-7,9H2,1-3H3,(H,14,16)/i1D3,2D3,3D3. The van der Waals surface area contributed by atoms with E-state index in [2.05, 4.69) is 6.07 Å². The van der Waals surface area contributed by atoms with Gasteiger partial charge in [0, 0.05) is 23.8 Å². The van der Waals surface area contributed by atoms with Crippen molar-refractivity contribution in [3.8, 4) is 6.07 Å². The molecule has 1 N–H and O–H groups in total. The van der Waals surface area contributed by atoms with Gasteiger partial charge in [-0.25, -0.2) is 0 Å². The average Bonchev–Trinajstić information content (AvgIpc) is 2.41. The van der Waals surface area contributed by atoms with E-state index in [4.69, 9.17) is 17.6 Å². The maximum absolute atomic E-state index is 12.3. The largest absolute Gasteiger partial charge is 0.350 e. The van der Waals surface area contributed by atoms with Gasteiger partial charge in [-0.1, -0.05) is 0 Å². The number of hydrogen-bond donors (Lipinski definition) is 1. The Balaban J connectivity index is 3.00. The zero-order valence-corrected chi connectivity index (χ0v) is 8.92. The molecule has 0 aromatic carbocycles. The van der Waals surface area contributed by atoms with Crippen LogP contribution in [0.2, 0.25) is 0 Å². The highest BCUT2D eigenvalue weighted by atomic mass is 16.2. The highest BCUT2D eigenvalue weighted by molar-refractivity contribution is 5.78. The third kappa shape index (κ3) is 4.63. The lowest BCUT2D eigenvalue weighted by Gasteiger charge is -2.29. The van der Waals surface area contributed by atoms with Crippen LogP contribution in [-0.4, -0.2) is 36.0 Å². The summed E-state index contributed by atoms with van der Waals surface area (Å²) in [6, 6.07) is 2.13. The van der Waals surface area contributed by atoms with Crippen molar-refractivity contribution in [1.82, 2.24) is 10.2 Å². The van der Waals surface area contributed by atoms with Crippen LogP contribution in [0.5, 0.6) is 0 Å². The molecule has 1 fully saturated rings. The van der Waals surface area contributed by atoms with Crippen molar-refractivity contribution in [2.45, 2.75) is 38.9 Å². The fourth-order valence-corrected chi connectivity index (χ4v) is 1.67. The Hall–Kier alpha value is -1.08.